The Morgan fingerprint density at radius 1 is 1.25 bits per heavy atom. The van der Waals surface area contributed by atoms with Crippen molar-refractivity contribution in [1.82, 2.24) is 20.3 Å². The minimum atomic E-state index is -0.452. The van der Waals surface area contributed by atoms with Crippen molar-refractivity contribution in [2.45, 2.75) is 25.5 Å². The molecule has 0 saturated carbocycles. The fourth-order valence-electron chi connectivity index (χ4n) is 3.05. The van der Waals surface area contributed by atoms with Crippen molar-refractivity contribution in [2.24, 2.45) is 0 Å². The summed E-state index contributed by atoms with van der Waals surface area (Å²) in [5.74, 6) is 0.0545. The van der Waals surface area contributed by atoms with Gasteiger partial charge in [0, 0.05) is 31.6 Å². The summed E-state index contributed by atoms with van der Waals surface area (Å²) in [4.78, 5) is 35.5. The molecule has 0 aliphatic carbocycles. The summed E-state index contributed by atoms with van der Waals surface area (Å²) in [5, 5.41) is 3.21. The number of carbonyl (C=O) groups is 1. The highest BCUT2D eigenvalue weighted by Gasteiger charge is 2.16. The molecule has 3 heterocycles. The zero-order chi connectivity index (χ0) is 19.3. The van der Waals surface area contributed by atoms with E-state index in [1.165, 1.54) is 0 Å². The van der Waals surface area contributed by atoms with E-state index in [0.29, 0.717) is 30.0 Å². The maximum Gasteiger partial charge on any atom is 0.287 e. The number of hydrogen-bond acceptors (Lipinski definition) is 6. The number of rotatable bonds is 5. The first kappa shape index (κ1) is 18.1. The quantitative estimate of drug-likeness (QED) is 0.699. The molecule has 3 aromatic rings. The van der Waals surface area contributed by atoms with Crippen molar-refractivity contribution >= 4 is 16.8 Å². The molecule has 0 radical (unpaired) electrons. The van der Waals surface area contributed by atoms with Crippen LogP contribution in [0.1, 0.15) is 29.0 Å². The number of benzene rings is 1. The maximum absolute atomic E-state index is 12.4. The standard InChI is InChI=1S/C20H20N4O4/c25-19-15-3-1-2-4-16(15)23-18(24-19)20(26)22-12-13-5-8-21-17(11-13)28-14-6-9-27-10-7-14/h1-5,8,11,14H,6-7,9-10,12H2,(H,22,26)(H,23,24,25). The Hall–Kier alpha value is -3.26. The Kier molecular flexibility index (Phi) is 5.29. The van der Waals surface area contributed by atoms with Crippen molar-refractivity contribution in [1.29, 1.82) is 0 Å². The first-order chi connectivity index (χ1) is 13.7. The zero-order valence-corrected chi connectivity index (χ0v) is 15.2. The predicted molar refractivity (Wildman–Crippen MR) is 102 cm³/mol. The van der Waals surface area contributed by atoms with Gasteiger partial charge in [-0.25, -0.2) is 9.97 Å². The fraction of sp³-hybridized carbons (Fsp3) is 0.300. The number of H-pyrrole nitrogens is 1. The zero-order valence-electron chi connectivity index (χ0n) is 15.2. The predicted octanol–water partition coefficient (Wildman–Crippen LogP) is 1.81. The highest BCUT2D eigenvalue weighted by Crippen LogP contribution is 2.16. The molecule has 28 heavy (non-hydrogen) atoms. The molecular formula is C20H20N4O4. The van der Waals surface area contributed by atoms with Gasteiger partial charge in [-0.1, -0.05) is 12.1 Å². The number of pyridine rings is 1. The lowest BCUT2D eigenvalue weighted by atomic mass is 10.1. The molecule has 2 N–H and O–H groups in total. The van der Waals surface area contributed by atoms with Gasteiger partial charge in [-0.3, -0.25) is 9.59 Å². The summed E-state index contributed by atoms with van der Waals surface area (Å²) in [5.41, 5.74) is 0.979. The van der Waals surface area contributed by atoms with Crippen LogP contribution in [0.4, 0.5) is 0 Å². The summed E-state index contributed by atoms with van der Waals surface area (Å²) in [6.45, 7) is 1.65. The van der Waals surface area contributed by atoms with Crippen molar-refractivity contribution in [3.63, 3.8) is 0 Å². The molecule has 1 saturated heterocycles. The van der Waals surface area contributed by atoms with Gasteiger partial charge in [-0.15, -0.1) is 0 Å². The Balaban J connectivity index is 1.42. The van der Waals surface area contributed by atoms with Crippen LogP contribution >= 0.6 is 0 Å². The Bertz CT molecular complexity index is 1040. The number of carbonyl (C=O) groups excluding carboxylic acids is 1. The highest BCUT2D eigenvalue weighted by molar-refractivity contribution is 5.92. The fourth-order valence-corrected chi connectivity index (χ4v) is 3.05. The van der Waals surface area contributed by atoms with Crippen LogP contribution in [0.2, 0.25) is 0 Å². The molecule has 144 valence electrons. The van der Waals surface area contributed by atoms with Gasteiger partial charge in [0.25, 0.3) is 11.5 Å². The molecule has 1 aliphatic rings. The molecule has 8 nitrogen and oxygen atoms in total. The van der Waals surface area contributed by atoms with E-state index in [-0.39, 0.29) is 24.0 Å². The number of amides is 1. The summed E-state index contributed by atoms with van der Waals surface area (Å²) in [6, 6.07) is 10.5. The van der Waals surface area contributed by atoms with E-state index >= 15 is 0 Å². The largest absolute Gasteiger partial charge is 0.474 e. The minimum absolute atomic E-state index is 0.0172. The molecule has 8 heteroatoms. The molecular weight excluding hydrogens is 360 g/mol. The lowest BCUT2D eigenvalue weighted by molar-refractivity contribution is 0.0237. The van der Waals surface area contributed by atoms with Gasteiger partial charge in [0.2, 0.25) is 5.88 Å². The molecule has 0 spiro atoms. The van der Waals surface area contributed by atoms with E-state index in [0.717, 1.165) is 18.4 Å². The normalized spacial score (nSPS) is 14.7. The highest BCUT2D eigenvalue weighted by atomic mass is 16.5. The number of nitrogens with one attached hydrogen (secondary N) is 2. The van der Waals surface area contributed by atoms with Crippen LogP contribution in [0.5, 0.6) is 5.88 Å². The molecule has 4 rings (SSSR count). The summed E-state index contributed by atoms with van der Waals surface area (Å²) < 4.78 is 11.2. The number of hydrogen-bond donors (Lipinski definition) is 2. The Morgan fingerprint density at radius 2 is 2.07 bits per heavy atom. The van der Waals surface area contributed by atoms with Crippen molar-refractivity contribution in [3.05, 3.63) is 64.3 Å². The van der Waals surface area contributed by atoms with Crippen LogP contribution in [-0.4, -0.2) is 40.2 Å². The smallest absolute Gasteiger partial charge is 0.287 e. The third-order valence-corrected chi connectivity index (χ3v) is 4.54. The van der Waals surface area contributed by atoms with E-state index in [9.17, 15) is 9.59 Å². The summed E-state index contributed by atoms with van der Waals surface area (Å²) in [6.07, 6.45) is 3.41. The van der Waals surface area contributed by atoms with E-state index in [2.05, 4.69) is 20.3 Å². The number of ether oxygens (including phenoxy) is 2. The molecule has 0 unspecified atom stereocenters. The number of fused-ring (bicyclic) bond motifs is 1. The Labute approximate surface area is 160 Å². The Morgan fingerprint density at radius 3 is 2.93 bits per heavy atom. The van der Waals surface area contributed by atoms with Gasteiger partial charge < -0.3 is 19.8 Å². The number of aromatic amines is 1. The van der Waals surface area contributed by atoms with Crippen molar-refractivity contribution in [3.8, 4) is 5.88 Å². The van der Waals surface area contributed by atoms with Crippen LogP contribution < -0.4 is 15.6 Å². The van der Waals surface area contributed by atoms with E-state index in [4.69, 9.17) is 9.47 Å². The topological polar surface area (TPSA) is 106 Å². The SMILES string of the molecule is O=C(NCc1ccnc(OC2CCOCC2)c1)c1nc2ccccc2c(=O)[nH]1. The third kappa shape index (κ3) is 4.17. The van der Waals surface area contributed by atoms with Crippen LogP contribution in [0.3, 0.4) is 0 Å². The second-order valence-electron chi connectivity index (χ2n) is 6.55. The number of nitrogens with zero attached hydrogens (tertiary/aromatic N) is 2. The first-order valence-electron chi connectivity index (χ1n) is 9.15. The molecule has 1 aliphatic heterocycles. The average Bonchev–Trinajstić information content (AvgIpc) is 2.73. The van der Waals surface area contributed by atoms with Crippen LogP contribution in [0, 0.1) is 0 Å². The van der Waals surface area contributed by atoms with Crippen LogP contribution in [-0.2, 0) is 11.3 Å². The summed E-state index contributed by atoms with van der Waals surface area (Å²) in [7, 11) is 0. The van der Waals surface area contributed by atoms with Gasteiger partial charge in [0.15, 0.2) is 5.82 Å². The number of aromatic nitrogens is 3. The average molecular weight is 380 g/mol. The van der Waals surface area contributed by atoms with E-state index in [1.807, 2.05) is 0 Å². The molecule has 0 atom stereocenters. The third-order valence-electron chi connectivity index (χ3n) is 4.54. The van der Waals surface area contributed by atoms with Gasteiger partial charge in [0.05, 0.1) is 24.1 Å². The van der Waals surface area contributed by atoms with E-state index in [1.54, 1.807) is 42.6 Å². The summed E-state index contributed by atoms with van der Waals surface area (Å²) >= 11 is 0. The van der Waals surface area contributed by atoms with Crippen LogP contribution in [0.25, 0.3) is 10.9 Å². The molecule has 0 bridgehead atoms. The van der Waals surface area contributed by atoms with Gasteiger partial charge in [0.1, 0.15) is 6.10 Å². The van der Waals surface area contributed by atoms with Gasteiger partial charge in [-0.2, -0.15) is 0 Å². The molecule has 2 aromatic heterocycles. The molecule has 1 fully saturated rings. The van der Waals surface area contributed by atoms with Crippen molar-refractivity contribution < 1.29 is 14.3 Å². The van der Waals surface area contributed by atoms with E-state index < -0.39 is 5.91 Å². The number of para-hydroxylation sites is 1. The first-order valence-corrected chi connectivity index (χ1v) is 9.15. The molecule has 1 amide bonds. The minimum Gasteiger partial charge on any atom is -0.474 e. The van der Waals surface area contributed by atoms with Crippen LogP contribution in [0.15, 0.2) is 47.4 Å². The lowest BCUT2D eigenvalue weighted by Gasteiger charge is -2.22. The maximum atomic E-state index is 12.4. The lowest BCUT2D eigenvalue weighted by Crippen LogP contribution is -2.28. The van der Waals surface area contributed by atoms with Gasteiger partial charge in [-0.05, 0) is 23.8 Å². The second-order valence-corrected chi connectivity index (χ2v) is 6.55. The van der Waals surface area contributed by atoms with Crippen molar-refractivity contribution in [2.75, 3.05) is 13.2 Å². The monoisotopic (exact) mass is 380 g/mol. The van der Waals surface area contributed by atoms with Gasteiger partial charge >= 0.3 is 0 Å². The molecule has 1 aromatic carbocycles. The second kappa shape index (κ2) is 8.18.